The Hall–Kier alpha value is -5.02. The number of rotatable bonds is 9. The number of carbonyl (C=O) groups is 1. The summed E-state index contributed by atoms with van der Waals surface area (Å²) in [6, 6.07) is 12.9. The lowest BCUT2D eigenvalue weighted by Crippen LogP contribution is -2.72. The zero-order chi connectivity index (χ0) is 29.3. The lowest BCUT2D eigenvalue weighted by molar-refractivity contribution is -0.0872. The first-order valence-electron chi connectivity index (χ1n) is 13.6. The number of aromatic nitrogens is 5. The highest BCUT2D eigenvalue weighted by Gasteiger charge is 2.51. The molecule has 2 fully saturated rings. The molecule has 4 aromatic rings. The van der Waals surface area contributed by atoms with Crippen molar-refractivity contribution in [2.24, 2.45) is 5.41 Å². The van der Waals surface area contributed by atoms with Gasteiger partial charge in [0.25, 0.3) is 5.91 Å². The number of hydrogen-bond donors (Lipinski definition) is 1. The van der Waals surface area contributed by atoms with E-state index in [0.717, 1.165) is 37.3 Å². The van der Waals surface area contributed by atoms with Crippen molar-refractivity contribution in [3.05, 3.63) is 72.6 Å². The van der Waals surface area contributed by atoms with Crippen molar-refractivity contribution in [1.29, 1.82) is 5.26 Å². The summed E-state index contributed by atoms with van der Waals surface area (Å²) in [5, 5.41) is 16.9. The van der Waals surface area contributed by atoms with Crippen molar-refractivity contribution in [3.8, 4) is 28.7 Å². The van der Waals surface area contributed by atoms with Gasteiger partial charge in [-0.2, -0.15) is 10.4 Å². The number of nitrogens with zero attached hydrogens (tertiary/aromatic N) is 8. The maximum absolute atomic E-state index is 13.0. The summed E-state index contributed by atoms with van der Waals surface area (Å²) in [4.78, 5) is 30.1. The quantitative estimate of drug-likeness (QED) is 0.322. The molecule has 2 aliphatic heterocycles. The predicted octanol–water partition coefficient (Wildman–Crippen LogP) is 3.21. The van der Waals surface area contributed by atoms with Crippen molar-refractivity contribution in [2.75, 3.05) is 45.7 Å². The summed E-state index contributed by atoms with van der Waals surface area (Å²) in [6.45, 7) is 6.09. The standard InChI is InChI=1S/C30H31N9O3/c1-20(13-39-19-32-18-35-39)42-26-8-21(4-5-23(26)10-31)24-11-33-29(34-12-24)36-25-7-6-22(9-27(25)41-3)28(40)38-16-30(17-38)14-37(2)15-30/h4-9,11-12,18-20H,13-17H2,1-3H3,(H,33,34,36)/t20-/m0/s1. The highest BCUT2D eigenvalue weighted by atomic mass is 16.5. The molecule has 0 aliphatic carbocycles. The third-order valence-corrected chi connectivity index (χ3v) is 7.57. The topological polar surface area (TPSA) is 134 Å². The van der Waals surface area contributed by atoms with Gasteiger partial charge in [0, 0.05) is 55.1 Å². The first kappa shape index (κ1) is 27.2. The molecule has 2 aromatic heterocycles. The minimum absolute atomic E-state index is 0.0131. The van der Waals surface area contributed by atoms with Crippen LogP contribution < -0.4 is 14.8 Å². The van der Waals surface area contributed by atoms with Gasteiger partial charge in [-0.1, -0.05) is 6.07 Å². The molecule has 0 saturated carbocycles. The molecule has 214 valence electrons. The van der Waals surface area contributed by atoms with Gasteiger partial charge in [-0.25, -0.2) is 19.6 Å². The largest absolute Gasteiger partial charge is 0.495 e. The number of hydrogen-bond acceptors (Lipinski definition) is 10. The fourth-order valence-electron chi connectivity index (χ4n) is 5.71. The Morgan fingerprint density at radius 3 is 2.55 bits per heavy atom. The third kappa shape index (κ3) is 5.46. The Bertz CT molecular complexity index is 1620. The first-order chi connectivity index (χ1) is 20.3. The Morgan fingerprint density at radius 1 is 1.10 bits per heavy atom. The zero-order valence-corrected chi connectivity index (χ0v) is 23.7. The molecule has 0 radical (unpaired) electrons. The Kier molecular flexibility index (Phi) is 7.18. The van der Waals surface area contributed by atoms with Gasteiger partial charge in [-0.3, -0.25) is 4.79 Å². The fourth-order valence-corrected chi connectivity index (χ4v) is 5.71. The lowest BCUT2D eigenvalue weighted by atomic mass is 9.73. The minimum Gasteiger partial charge on any atom is -0.495 e. The highest BCUT2D eigenvalue weighted by Crippen LogP contribution is 2.40. The van der Waals surface area contributed by atoms with Crippen molar-refractivity contribution in [3.63, 3.8) is 0 Å². The van der Waals surface area contributed by atoms with Gasteiger partial charge in [0.2, 0.25) is 5.95 Å². The second kappa shape index (κ2) is 11.1. The molecule has 12 heteroatoms. The summed E-state index contributed by atoms with van der Waals surface area (Å²) < 4.78 is 13.3. The maximum Gasteiger partial charge on any atom is 0.254 e. The van der Waals surface area contributed by atoms with Crippen LogP contribution in [0, 0.1) is 16.7 Å². The molecule has 1 amide bonds. The number of anilines is 2. The number of nitrogens with one attached hydrogen (secondary N) is 1. The number of likely N-dealkylation sites (tertiary alicyclic amines) is 2. The number of benzene rings is 2. The molecular weight excluding hydrogens is 534 g/mol. The highest BCUT2D eigenvalue weighted by molar-refractivity contribution is 5.96. The smallest absolute Gasteiger partial charge is 0.254 e. The van der Waals surface area contributed by atoms with Crippen molar-refractivity contribution in [1.82, 2.24) is 34.5 Å². The van der Waals surface area contributed by atoms with E-state index in [1.54, 1.807) is 54.8 Å². The molecule has 42 heavy (non-hydrogen) atoms. The van der Waals surface area contributed by atoms with E-state index in [2.05, 4.69) is 43.4 Å². The molecule has 1 N–H and O–H groups in total. The van der Waals surface area contributed by atoms with Gasteiger partial charge in [0.05, 0.1) is 24.9 Å². The van der Waals surface area contributed by atoms with Crippen LogP contribution in [0.3, 0.4) is 0 Å². The van der Waals surface area contributed by atoms with E-state index in [0.29, 0.717) is 40.8 Å². The van der Waals surface area contributed by atoms with Crippen molar-refractivity contribution >= 4 is 17.5 Å². The van der Waals surface area contributed by atoms with E-state index in [9.17, 15) is 10.1 Å². The van der Waals surface area contributed by atoms with E-state index in [-0.39, 0.29) is 17.4 Å². The van der Waals surface area contributed by atoms with Crippen LogP contribution in [0.5, 0.6) is 11.5 Å². The molecule has 0 bridgehead atoms. The van der Waals surface area contributed by atoms with Gasteiger partial charge in [-0.15, -0.1) is 0 Å². The second-order valence-electron chi connectivity index (χ2n) is 11.0. The van der Waals surface area contributed by atoms with Crippen molar-refractivity contribution < 1.29 is 14.3 Å². The van der Waals surface area contributed by atoms with Crippen LogP contribution in [0.25, 0.3) is 11.1 Å². The van der Waals surface area contributed by atoms with Crippen LogP contribution in [0.2, 0.25) is 0 Å². The van der Waals surface area contributed by atoms with Gasteiger partial charge in [0.1, 0.15) is 36.3 Å². The molecule has 1 spiro atoms. The fraction of sp³-hybridized carbons (Fsp3) is 0.333. The van der Waals surface area contributed by atoms with Crippen LogP contribution in [0.4, 0.5) is 11.6 Å². The summed E-state index contributed by atoms with van der Waals surface area (Å²) >= 11 is 0. The second-order valence-corrected chi connectivity index (χ2v) is 11.0. The van der Waals surface area contributed by atoms with Gasteiger partial charge < -0.3 is 24.6 Å². The number of nitriles is 1. The normalized spacial score (nSPS) is 16.2. The first-order valence-corrected chi connectivity index (χ1v) is 13.6. The van der Waals surface area contributed by atoms with Gasteiger partial charge in [-0.05, 0) is 49.9 Å². The summed E-state index contributed by atoms with van der Waals surface area (Å²) in [5.74, 6) is 1.39. The molecule has 2 saturated heterocycles. The molecule has 12 nitrogen and oxygen atoms in total. The van der Waals surface area contributed by atoms with E-state index >= 15 is 0 Å². The van der Waals surface area contributed by atoms with Crippen LogP contribution in [0.15, 0.2) is 61.4 Å². The third-order valence-electron chi connectivity index (χ3n) is 7.57. The van der Waals surface area contributed by atoms with Crippen molar-refractivity contribution in [2.45, 2.75) is 19.6 Å². The number of amides is 1. The van der Waals surface area contributed by atoms with E-state index in [4.69, 9.17) is 9.47 Å². The summed E-state index contributed by atoms with van der Waals surface area (Å²) in [7, 11) is 3.67. The van der Waals surface area contributed by atoms with Gasteiger partial charge in [0.15, 0.2) is 0 Å². The summed E-state index contributed by atoms with van der Waals surface area (Å²) in [5.41, 5.74) is 3.52. The average molecular weight is 566 g/mol. The van der Waals surface area contributed by atoms with E-state index < -0.39 is 0 Å². The molecule has 0 unspecified atom stereocenters. The average Bonchev–Trinajstić information content (AvgIpc) is 3.47. The van der Waals surface area contributed by atoms with Crippen LogP contribution in [0.1, 0.15) is 22.8 Å². The molecule has 1 atom stereocenters. The SMILES string of the molecule is COc1cc(C(=O)N2CC3(CN(C)C3)C2)ccc1Nc1ncc(-c2ccc(C#N)c(O[C@@H](C)Cn3cncn3)c2)cn1. The van der Waals surface area contributed by atoms with Gasteiger partial charge >= 0.3 is 0 Å². The van der Waals surface area contributed by atoms with Crippen LogP contribution in [-0.4, -0.2) is 86.9 Å². The van der Waals surface area contributed by atoms with E-state index in [1.165, 1.54) is 6.33 Å². The van der Waals surface area contributed by atoms with Crippen LogP contribution >= 0.6 is 0 Å². The molecular formula is C30H31N9O3. The zero-order valence-electron chi connectivity index (χ0n) is 23.7. The number of methoxy groups -OCH3 is 1. The number of ether oxygens (including phenoxy) is 2. The molecule has 6 rings (SSSR count). The minimum atomic E-state index is -0.235. The molecule has 2 aromatic carbocycles. The van der Waals surface area contributed by atoms with E-state index in [1.807, 2.05) is 24.0 Å². The summed E-state index contributed by atoms with van der Waals surface area (Å²) in [6.07, 6.45) is 6.24. The molecule has 2 aliphatic rings. The monoisotopic (exact) mass is 565 g/mol. The number of carbonyl (C=O) groups excluding carboxylic acids is 1. The Morgan fingerprint density at radius 2 is 1.88 bits per heavy atom. The molecule has 4 heterocycles. The van der Waals surface area contributed by atoms with Crippen LogP contribution in [-0.2, 0) is 6.54 Å². The Labute approximate surface area is 243 Å². The lowest BCUT2D eigenvalue weighted by Gasteiger charge is -2.59. The predicted molar refractivity (Wildman–Crippen MR) is 154 cm³/mol. The maximum atomic E-state index is 13.0. The Balaban J connectivity index is 1.12.